The van der Waals surface area contributed by atoms with Crippen LogP contribution in [-0.2, 0) is 16.4 Å². The molecular formula is C23H25N3O2S. The van der Waals surface area contributed by atoms with Crippen LogP contribution in [0.1, 0.15) is 43.4 Å². The number of nitrogens with zero attached hydrogens (tertiary/aromatic N) is 1. The Morgan fingerprint density at radius 1 is 1.03 bits per heavy atom. The topological polar surface area (TPSA) is 74.3 Å². The Labute approximate surface area is 171 Å². The van der Waals surface area contributed by atoms with Gasteiger partial charge in [0.05, 0.1) is 0 Å². The first-order valence-electron chi connectivity index (χ1n) is 9.80. The molecule has 3 aromatic rings. The molecule has 1 aliphatic heterocycles. The largest absolute Gasteiger partial charge is 0.361 e. The Morgan fingerprint density at radius 2 is 1.76 bits per heavy atom. The van der Waals surface area contributed by atoms with Crippen molar-refractivity contribution in [3.63, 3.8) is 0 Å². The van der Waals surface area contributed by atoms with Gasteiger partial charge in [-0.25, -0.2) is 8.42 Å². The van der Waals surface area contributed by atoms with Gasteiger partial charge in [0.15, 0.2) is 0 Å². The van der Waals surface area contributed by atoms with Crippen molar-refractivity contribution in [3.8, 4) is 0 Å². The fraction of sp³-hybridized carbons (Fsp3) is 0.261. The number of rotatable bonds is 5. The van der Waals surface area contributed by atoms with E-state index >= 15 is 0 Å². The van der Waals surface area contributed by atoms with Crippen molar-refractivity contribution in [2.45, 2.75) is 33.1 Å². The molecule has 5 nitrogen and oxygen atoms in total. The van der Waals surface area contributed by atoms with Crippen LogP contribution in [0.4, 0.5) is 0 Å². The molecule has 29 heavy (non-hydrogen) atoms. The third-order valence-corrected chi connectivity index (χ3v) is 6.90. The molecule has 0 atom stereocenters. The summed E-state index contributed by atoms with van der Waals surface area (Å²) >= 11 is 0. The van der Waals surface area contributed by atoms with Gasteiger partial charge < -0.3 is 4.98 Å². The summed E-state index contributed by atoms with van der Waals surface area (Å²) in [6.45, 7) is 6.56. The van der Waals surface area contributed by atoms with Crippen molar-refractivity contribution in [2.75, 3.05) is 6.54 Å². The Kier molecular flexibility index (Phi) is 5.04. The zero-order chi connectivity index (χ0) is 20.6. The van der Waals surface area contributed by atoms with Crippen molar-refractivity contribution in [2.24, 2.45) is 4.99 Å². The van der Waals surface area contributed by atoms with Crippen LogP contribution < -0.4 is 4.72 Å². The summed E-state index contributed by atoms with van der Waals surface area (Å²) in [6, 6.07) is 15.9. The minimum atomic E-state index is -3.60. The van der Waals surface area contributed by atoms with Gasteiger partial charge in [0.2, 0.25) is 0 Å². The summed E-state index contributed by atoms with van der Waals surface area (Å²) in [5.74, 6) is 0.840. The molecule has 1 aliphatic rings. The number of aromatic amines is 1. The minimum absolute atomic E-state index is 0.318. The van der Waals surface area contributed by atoms with Gasteiger partial charge in [-0.1, -0.05) is 56.3 Å². The Morgan fingerprint density at radius 3 is 2.48 bits per heavy atom. The fourth-order valence-corrected chi connectivity index (χ4v) is 5.25. The van der Waals surface area contributed by atoms with E-state index in [4.69, 9.17) is 0 Å². The van der Waals surface area contributed by atoms with Gasteiger partial charge in [0, 0.05) is 29.2 Å². The number of H-pyrrole nitrogens is 1. The second kappa shape index (κ2) is 7.52. The minimum Gasteiger partial charge on any atom is -0.361 e. The van der Waals surface area contributed by atoms with Crippen molar-refractivity contribution in [1.82, 2.24) is 9.71 Å². The molecule has 0 radical (unpaired) electrons. The lowest BCUT2D eigenvalue weighted by molar-refractivity contribution is 0.603. The molecule has 0 unspecified atom stereocenters. The van der Waals surface area contributed by atoms with Gasteiger partial charge in [-0.05, 0) is 42.0 Å². The molecule has 0 amide bonds. The predicted molar refractivity (Wildman–Crippen MR) is 119 cm³/mol. The zero-order valence-corrected chi connectivity index (χ0v) is 17.7. The highest BCUT2D eigenvalue weighted by atomic mass is 32.2. The van der Waals surface area contributed by atoms with Gasteiger partial charge >= 0.3 is 0 Å². The van der Waals surface area contributed by atoms with Gasteiger partial charge in [-0.15, -0.1) is 0 Å². The van der Waals surface area contributed by atoms with E-state index in [1.54, 1.807) is 0 Å². The quantitative estimate of drug-likeness (QED) is 0.649. The molecule has 2 N–H and O–H groups in total. The van der Waals surface area contributed by atoms with Gasteiger partial charge in [-0.3, -0.25) is 9.71 Å². The highest BCUT2D eigenvalue weighted by molar-refractivity contribution is 8.00. The van der Waals surface area contributed by atoms with Crippen LogP contribution in [0, 0.1) is 0 Å². The molecule has 1 aromatic heterocycles. The fourth-order valence-electron chi connectivity index (χ4n) is 3.73. The molecule has 0 spiro atoms. The Bertz CT molecular complexity index is 1220. The molecule has 2 heterocycles. The molecular weight excluding hydrogens is 382 g/mol. The first-order valence-corrected chi connectivity index (χ1v) is 11.3. The number of para-hydroxylation sites is 1. The van der Waals surface area contributed by atoms with Crippen LogP contribution in [0.25, 0.3) is 15.8 Å². The van der Waals surface area contributed by atoms with Crippen molar-refractivity contribution >= 4 is 31.7 Å². The van der Waals surface area contributed by atoms with Gasteiger partial charge in [0.25, 0.3) is 10.0 Å². The number of hydrogen-bond donors (Lipinski definition) is 2. The SMILES string of the molecule is CC1=C(c2ccc(C(C)C)cc2)S(=O)(=O)NC1=NCCc1c[nH]c2ccccc12. The summed E-state index contributed by atoms with van der Waals surface area (Å²) < 4.78 is 28.1. The Balaban J connectivity index is 1.58. The lowest BCUT2D eigenvalue weighted by atomic mass is 10.0. The van der Waals surface area contributed by atoms with Crippen LogP contribution in [0.15, 0.2) is 65.3 Å². The average molecular weight is 408 g/mol. The smallest absolute Gasteiger partial charge is 0.264 e. The Hall–Kier alpha value is -2.86. The maximum atomic E-state index is 12.7. The van der Waals surface area contributed by atoms with Crippen molar-refractivity contribution in [3.05, 3.63) is 77.0 Å². The van der Waals surface area contributed by atoms with Crippen LogP contribution >= 0.6 is 0 Å². The van der Waals surface area contributed by atoms with E-state index in [9.17, 15) is 8.42 Å². The standard InChI is InChI=1S/C23H25N3O2S/c1-15(2)17-8-10-18(11-9-17)22-16(3)23(26-29(22,27)28)24-13-12-19-14-25-21-7-5-4-6-20(19)21/h4-11,14-15,25H,12-13H2,1-3H3,(H,24,26). The van der Waals surface area contributed by atoms with E-state index in [1.807, 2.05) is 55.6 Å². The van der Waals surface area contributed by atoms with E-state index in [1.165, 1.54) is 16.5 Å². The predicted octanol–water partition coefficient (Wildman–Crippen LogP) is 4.60. The third-order valence-electron chi connectivity index (χ3n) is 5.36. The summed E-state index contributed by atoms with van der Waals surface area (Å²) in [5.41, 5.74) is 4.82. The molecule has 2 aromatic carbocycles. The first kappa shape index (κ1) is 19.5. The number of hydrogen-bond acceptors (Lipinski definition) is 3. The van der Waals surface area contributed by atoms with Crippen molar-refractivity contribution < 1.29 is 8.42 Å². The zero-order valence-electron chi connectivity index (χ0n) is 16.9. The lowest BCUT2D eigenvalue weighted by Gasteiger charge is -2.07. The number of fused-ring (bicyclic) bond motifs is 1. The number of sulfonamides is 1. The number of benzene rings is 2. The molecule has 0 fully saturated rings. The molecule has 0 aliphatic carbocycles. The maximum absolute atomic E-state index is 12.7. The number of nitrogens with one attached hydrogen (secondary N) is 2. The first-order chi connectivity index (χ1) is 13.9. The van der Waals surface area contributed by atoms with Crippen LogP contribution in [-0.4, -0.2) is 25.8 Å². The summed E-state index contributed by atoms with van der Waals surface area (Å²) in [7, 11) is -3.60. The van der Waals surface area contributed by atoms with Crippen LogP contribution in [0.5, 0.6) is 0 Å². The number of amidine groups is 1. The van der Waals surface area contributed by atoms with Gasteiger partial charge in [0.1, 0.15) is 10.7 Å². The van der Waals surface area contributed by atoms with E-state index in [0.717, 1.165) is 11.9 Å². The highest BCUT2D eigenvalue weighted by Crippen LogP contribution is 2.30. The molecule has 0 saturated carbocycles. The molecule has 150 valence electrons. The number of aliphatic imine (C=N–C) groups is 1. The van der Waals surface area contributed by atoms with E-state index < -0.39 is 10.0 Å². The average Bonchev–Trinajstić information content (AvgIpc) is 3.20. The lowest BCUT2D eigenvalue weighted by Crippen LogP contribution is -2.24. The second-order valence-electron chi connectivity index (χ2n) is 7.68. The highest BCUT2D eigenvalue weighted by Gasteiger charge is 2.32. The monoisotopic (exact) mass is 407 g/mol. The summed E-state index contributed by atoms with van der Waals surface area (Å²) in [6.07, 6.45) is 2.73. The van der Waals surface area contributed by atoms with E-state index in [0.29, 0.717) is 34.3 Å². The van der Waals surface area contributed by atoms with Crippen LogP contribution in [0.3, 0.4) is 0 Å². The number of aromatic nitrogens is 1. The molecule has 4 rings (SSSR count). The third kappa shape index (κ3) is 3.72. The molecule has 6 heteroatoms. The van der Waals surface area contributed by atoms with Gasteiger partial charge in [-0.2, -0.15) is 0 Å². The molecule has 0 bridgehead atoms. The summed E-state index contributed by atoms with van der Waals surface area (Å²) in [4.78, 5) is 8.14. The summed E-state index contributed by atoms with van der Waals surface area (Å²) in [5, 5.41) is 1.18. The van der Waals surface area contributed by atoms with E-state index in [-0.39, 0.29) is 0 Å². The second-order valence-corrected chi connectivity index (χ2v) is 9.30. The maximum Gasteiger partial charge on any atom is 0.264 e. The van der Waals surface area contributed by atoms with Crippen LogP contribution in [0.2, 0.25) is 0 Å². The molecule has 0 saturated heterocycles. The van der Waals surface area contributed by atoms with E-state index in [2.05, 4.69) is 34.6 Å². The normalized spacial score (nSPS) is 17.4. The van der Waals surface area contributed by atoms with Crippen molar-refractivity contribution in [1.29, 1.82) is 0 Å².